The van der Waals surface area contributed by atoms with Crippen molar-refractivity contribution in [1.82, 2.24) is 15.4 Å². The summed E-state index contributed by atoms with van der Waals surface area (Å²) in [4.78, 5) is 20.4. The van der Waals surface area contributed by atoms with Crippen LogP contribution in [-0.4, -0.2) is 23.0 Å². The van der Waals surface area contributed by atoms with E-state index in [1.807, 2.05) is 0 Å². The largest absolute Gasteiger partial charge is 0.495 e. The lowest BCUT2D eigenvalue weighted by molar-refractivity contribution is 0.0962. The number of nitrogens with zero attached hydrogens (tertiary/aromatic N) is 2. The molecule has 144 valence electrons. The van der Waals surface area contributed by atoms with Gasteiger partial charge in [-0.15, -0.1) is 0 Å². The number of ether oxygens (including phenoxy) is 1. The van der Waals surface area contributed by atoms with Gasteiger partial charge in [0.15, 0.2) is 11.6 Å². The van der Waals surface area contributed by atoms with E-state index in [2.05, 4.69) is 26.1 Å². The highest BCUT2D eigenvalue weighted by atomic mass is 35.5. The number of nitrogens with one attached hydrogen (secondary N) is 3. The van der Waals surface area contributed by atoms with Crippen molar-refractivity contribution in [1.29, 1.82) is 0 Å². The van der Waals surface area contributed by atoms with Crippen molar-refractivity contribution in [2.75, 3.05) is 23.6 Å². The van der Waals surface area contributed by atoms with Crippen LogP contribution in [0.15, 0.2) is 48.8 Å². The number of halogens is 2. The van der Waals surface area contributed by atoms with Crippen LogP contribution in [0.3, 0.4) is 0 Å². The second-order valence-corrected chi connectivity index (χ2v) is 6.41. The van der Waals surface area contributed by atoms with Crippen molar-refractivity contribution in [2.24, 2.45) is 0 Å². The van der Waals surface area contributed by atoms with Gasteiger partial charge in [0, 0.05) is 15.6 Å². The van der Waals surface area contributed by atoms with Gasteiger partial charge in [-0.25, -0.2) is 9.97 Å². The van der Waals surface area contributed by atoms with Crippen molar-refractivity contribution in [3.8, 4) is 5.75 Å². The van der Waals surface area contributed by atoms with Crippen LogP contribution in [0, 0.1) is 0 Å². The number of aromatic nitrogens is 2. The van der Waals surface area contributed by atoms with Crippen LogP contribution >= 0.6 is 23.2 Å². The van der Waals surface area contributed by atoms with E-state index in [0.29, 0.717) is 32.9 Å². The number of nitrogens with two attached hydrogens (primary N) is 1. The molecule has 0 aliphatic rings. The highest BCUT2D eigenvalue weighted by Crippen LogP contribution is 2.32. The Kier molecular flexibility index (Phi) is 6.03. The number of nitrogen functional groups attached to an aromatic ring is 1. The molecule has 1 heterocycles. The molecule has 0 saturated heterocycles. The molecular weight excluding hydrogens is 403 g/mol. The van der Waals surface area contributed by atoms with E-state index in [1.165, 1.54) is 13.4 Å². The third-order valence-corrected chi connectivity index (χ3v) is 4.19. The van der Waals surface area contributed by atoms with Crippen molar-refractivity contribution in [3.63, 3.8) is 0 Å². The Labute approximate surface area is 171 Å². The average Bonchev–Trinajstić information content (AvgIpc) is 2.69. The molecule has 8 nitrogen and oxygen atoms in total. The Balaban J connectivity index is 1.75. The summed E-state index contributed by atoms with van der Waals surface area (Å²) in [7, 11) is 1.54. The summed E-state index contributed by atoms with van der Waals surface area (Å²) in [5.41, 5.74) is 12.5. The quantitative estimate of drug-likeness (QED) is 0.449. The topological polar surface area (TPSA) is 114 Å². The fourth-order valence-electron chi connectivity index (χ4n) is 2.29. The second kappa shape index (κ2) is 8.64. The molecule has 3 rings (SSSR count). The highest BCUT2D eigenvalue weighted by molar-refractivity contribution is 6.31. The predicted molar refractivity (Wildman–Crippen MR) is 110 cm³/mol. The molecule has 5 N–H and O–H groups in total. The third-order valence-electron chi connectivity index (χ3n) is 3.70. The molecule has 0 fully saturated rings. The summed E-state index contributed by atoms with van der Waals surface area (Å²) < 4.78 is 5.29. The minimum atomic E-state index is -0.374. The minimum Gasteiger partial charge on any atom is -0.495 e. The van der Waals surface area contributed by atoms with E-state index in [-0.39, 0.29) is 17.4 Å². The summed E-state index contributed by atoms with van der Waals surface area (Å²) >= 11 is 11.9. The Morgan fingerprint density at radius 2 is 1.71 bits per heavy atom. The van der Waals surface area contributed by atoms with Gasteiger partial charge in [0.2, 0.25) is 0 Å². The van der Waals surface area contributed by atoms with Crippen LogP contribution in [0.4, 0.5) is 23.0 Å². The Morgan fingerprint density at radius 3 is 2.43 bits per heavy atom. The van der Waals surface area contributed by atoms with Gasteiger partial charge in [-0.2, -0.15) is 0 Å². The van der Waals surface area contributed by atoms with Crippen LogP contribution in [0.2, 0.25) is 10.0 Å². The van der Waals surface area contributed by atoms with Gasteiger partial charge >= 0.3 is 0 Å². The molecular formula is C18H16Cl2N6O2. The first-order chi connectivity index (χ1) is 13.5. The third kappa shape index (κ3) is 4.54. The number of methoxy groups -OCH3 is 1. The molecule has 0 atom stereocenters. The molecule has 0 radical (unpaired) electrons. The van der Waals surface area contributed by atoms with Gasteiger partial charge in [0.05, 0.1) is 12.8 Å². The fraction of sp³-hybridized carbons (Fsp3) is 0.0556. The first-order valence-corrected chi connectivity index (χ1v) is 8.76. The van der Waals surface area contributed by atoms with Crippen LogP contribution in [-0.2, 0) is 0 Å². The smallest absolute Gasteiger partial charge is 0.269 e. The van der Waals surface area contributed by atoms with Crippen molar-refractivity contribution in [2.45, 2.75) is 0 Å². The number of amides is 1. The monoisotopic (exact) mass is 418 g/mol. The molecule has 0 aliphatic carbocycles. The van der Waals surface area contributed by atoms with E-state index in [4.69, 9.17) is 33.7 Å². The molecule has 0 spiro atoms. The highest BCUT2D eigenvalue weighted by Gasteiger charge is 2.12. The lowest BCUT2D eigenvalue weighted by Gasteiger charge is -2.15. The summed E-state index contributed by atoms with van der Waals surface area (Å²) in [5.74, 6) is 0.730. The lowest BCUT2D eigenvalue weighted by Crippen LogP contribution is -2.30. The standard InChI is InChI=1S/C18H16Cl2N6O2/c1-28-14-7-6-12(20)8-13(14)24-16-15(21)17(23-9-22-16)25-26-18(27)10-2-4-11(19)5-3-10/h2-9H,21H2,1H3,(H,26,27)(H2,22,23,24,25). The van der Waals surface area contributed by atoms with E-state index in [9.17, 15) is 4.79 Å². The average molecular weight is 419 g/mol. The molecule has 10 heteroatoms. The van der Waals surface area contributed by atoms with Crippen LogP contribution in [0.5, 0.6) is 5.75 Å². The number of carbonyl (C=O) groups is 1. The molecule has 28 heavy (non-hydrogen) atoms. The summed E-state index contributed by atoms with van der Waals surface area (Å²) in [5, 5.41) is 4.10. The Hall–Kier alpha value is -3.23. The molecule has 0 aliphatic heterocycles. The first kappa shape index (κ1) is 19.5. The molecule has 0 saturated carbocycles. The van der Waals surface area contributed by atoms with Crippen molar-refractivity contribution < 1.29 is 9.53 Å². The SMILES string of the molecule is COc1ccc(Cl)cc1Nc1ncnc(NNC(=O)c2ccc(Cl)cc2)c1N. The van der Waals surface area contributed by atoms with Gasteiger partial charge in [0.25, 0.3) is 5.91 Å². The normalized spacial score (nSPS) is 10.2. The van der Waals surface area contributed by atoms with Crippen LogP contribution < -0.4 is 26.6 Å². The zero-order valence-corrected chi connectivity index (χ0v) is 16.2. The molecule has 0 unspecified atom stereocenters. The number of hydrazine groups is 1. The van der Waals surface area contributed by atoms with Crippen molar-refractivity contribution in [3.05, 3.63) is 64.4 Å². The lowest BCUT2D eigenvalue weighted by atomic mass is 10.2. The van der Waals surface area contributed by atoms with Crippen LogP contribution in [0.1, 0.15) is 10.4 Å². The first-order valence-electron chi connectivity index (χ1n) is 8.01. The van der Waals surface area contributed by atoms with E-state index in [0.717, 1.165) is 0 Å². The maximum atomic E-state index is 12.2. The van der Waals surface area contributed by atoms with E-state index in [1.54, 1.807) is 42.5 Å². The molecule has 0 bridgehead atoms. The van der Waals surface area contributed by atoms with E-state index < -0.39 is 0 Å². The number of hydrogen-bond acceptors (Lipinski definition) is 7. The number of anilines is 4. The van der Waals surface area contributed by atoms with Gasteiger partial charge in [-0.3, -0.25) is 15.6 Å². The zero-order chi connectivity index (χ0) is 20.1. The molecule has 2 aromatic carbocycles. The number of benzene rings is 2. The van der Waals surface area contributed by atoms with Crippen LogP contribution in [0.25, 0.3) is 0 Å². The second-order valence-electron chi connectivity index (χ2n) is 5.54. The van der Waals surface area contributed by atoms with Crippen molar-refractivity contribution >= 4 is 52.1 Å². The van der Waals surface area contributed by atoms with Gasteiger partial charge in [-0.1, -0.05) is 23.2 Å². The maximum Gasteiger partial charge on any atom is 0.269 e. The number of hydrogen-bond donors (Lipinski definition) is 4. The molecule has 3 aromatic rings. The number of rotatable bonds is 6. The summed E-state index contributed by atoms with van der Waals surface area (Å²) in [6.45, 7) is 0. The molecule has 1 aromatic heterocycles. The Bertz CT molecular complexity index is 998. The van der Waals surface area contributed by atoms with Gasteiger partial charge in [-0.05, 0) is 42.5 Å². The molecule has 1 amide bonds. The fourth-order valence-corrected chi connectivity index (χ4v) is 2.59. The van der Waals surface area contributed by atoms with E-state index >= 15 is 0 Å². The minimum absolute atomic E-state index is 0.195. The zero-order valence-electron chi connectivity index (χ0n) is 14.7. The van der Waals surface area contributed by atoms with Gasteiger partial charge in [0.1, 0.15) is 17.8 Å². The van der Waals surface area contributed by atoms with Gasteiger partial charge < -0.3 is 15.8 Å². The Morgan fingerprint density at radius 1 is 1.04 bits per heavy atom. The summed E-state index contributed by atoms with van der Waals surface area (Å²) in [6.07, 6.45) is 1.30. The maximum absolute atomic E-state index is 12.2. The number of carbonyl (C=O) groups excluding carboxylic acids is 1. The predicted octanol–water partition coefficient (Wildman–Crippen LogP) is 3.87. The summed E-state index contributed by atoms with van der Waals surface area (Å²) in [6, 6.07) is 11.5.